The minimum Gasteiger partial charge on any atom is -0.379 e. The summed E-state index contributed by atoms with van der Waals surface area (Å²) in [7, 11) is -3.59. The molecule has 0 bridgehead atoms. The van der Waals surface area contributed by atoms with Gasteiger partial charge in [-0.3, -0.25) is 10.1 Å². The summed E-state index contributed by atoms with van der Waals surface area (Å²) in [5.74, 6) is 0.0994. The van der Waals surface area contributed by atoms with Gasteiger partial charge in [-0.1, -0.05) is 30.3 Å². The van der Waals surface area contributed by atoms with Crippen LogP contribution < -0.4 is 5.32 Å². The van der Waals surface area contributed by atoms with Gasteiger partial charge >= 0.3 is 6.03 Å². The topological polar surface area (TPSA) is 99.3 Å². The maximum atomic E-state index is 12.8. The Morgan fingerprint density at radius 3 is 2.38 bits per heavy atom. The lowest BCUT2D eigenvalue weighted by atomic mass is 10.1. The Labute approximate surface area is 204 Å². The summed E-state index contributed by atoms with van der Waals surface area (Å²) in [4.78, 5) is 29.0. The van der Waals surface area contributed by atoms with Gasteiger partial charge in [0.2, 0.25) is 5.91 Å². The van der Waals surface area contributed by atoms with Gasteiger partial charge in [0.15, 0.2) is 0 Å². The predicted molar refractivity (Wildman–Crippen MR) is 130 cm³/mol. The lowest BCUT2D eigenvalue weighted by Gasteiger charge is -2.25. The highest BCUT2D eigenvalue weighted by Crippen LogP contribution is 2.29. The van der Waals surface area contributed by atoms with E-state index in [1.54, 1.807) is 11.0 Å². The van der Waals surface area contributed by atoms with Crippen molar-refractivity contribution in [3.05, 3.63) is 48.0 Å². The second kappa shape index (κ2) is 11.3. The molecule has 0 aliphatic carbocycles. The maximum absolute atomic E-state index is 12.8. The molecule has 34 heavy (non-hydrogen) atoms. The molecule has 2 aliphatic heterocycles. The van der Waals surface area contributed by atoms with Gasteiger partial charge in [0.1, 0.15) is 4.21 Å². The van der Waals surface area contributed by atoms with Crippen LogP contribution in [0.25, 0.3) is 0 Å². The zero-order valence-electron chi connectivity index (χ0n) is 19.0. The molecule has 0 atom stereocenters. The largest absolute Gasteiger partial charge is 0.379 e. The normalized spacial score (nSPS) is 17.9. The molecule has 2 fully saturated rings. The van der Waals surface area contributed by atoms with Gasteiger partial charge in [-0.2, -0.15) is 4.31 Å². The van der Waals surface area contributed by atoms with E-state index in [-0.39, 0.29) is 16.1 Å². The molecular formula is C23H30N4O5S2. The monoisotopic (exact) mass is 506 g/mol. The number of sulfonamides is 1. The third kappa shape index (κ3) is 6.15. The fourth-order valence-corrected chi connectivity index (χ4v) is 6.81. The minimum atomic E-state index is -3.59. The van der Waals surface area contributed by atoms with Crippen molar-refractivity contribution in [1.29, 1.82) is 0 Å². The summed E-state index contributed by atoms with van der Waals surface area (Å²) < 4.78 is 32.4. The second-order valence-corrected chi connectivity index (χ2v) is 11.5. The second-order valence-electron chi connectivity index (χ2n) is 8.27. The molecule has 3 heterocycles. The first-order valence-corrected chi connectivity index (χ1v) is 13.7. The van der Waals surface area contributed by atoms with Crippen molar-refractivity contribution in [2.75, 3.05) is 57.8 Å². The Bertz CT molecular complexity index is 1080. The number of rotatable bonds is 6. The summed E-state index contributed by atoms with van der Waals surface area (Å²) in [6, 6.07) is 12.8. The highest BCUT2D eigenvalue weighted by Gasteiger charge is 2.28. The fourth-order valence-electron chi connectivity index (χ4n) is 4.05. The SMILES string of the molecule is O=C(CCc1ccccc1)N1CCCN(C(=O)Nc2ccc(S(=O)(=O)N3CCOCC3)s2)CC1. The highest BCUT2D eigenvalue weighted by molar-refractivity contribution is 7.91. The van der Waals surface area contributed by atoms with Crippen LogP contribution in [0.3, 0.4) is 0 Å². The number of carbonyl (C=O) groups is 2. The van der Waals surface area contributed by atoms with Crippen LogP contribution >= 0.6 is 11.3 Å². The van der Waals surface area contributed by atoms with Crippen molar-refractivity contribution < 1.29 is 22.7 Å². The summed E-state index contributed by atoms with van der Waals surface area (Å²) >= 11 is 1.05. The Morgan fingerprint density at radius 1 is 0.912 bits per heavy atom. The molecule has 0 saturated carbocycles. The Balaban J connectivity index is 1.28. The number of aryl methyl sites for hydroxylation is 1. The number of anilines is 1. The molecule has 1 aromatic heterocycles. The number of nitrogens with zero attached hydrogens (tertiary/aromatic N) is 3. The number of amides is 3. The zero-order chi connectivity index (χ0) is 24.0. The summed E-state index contributed by atoms with van der Waals surface area (Å²) in [5.41, 5.74) is 1.14. The lowest BCUT2D eigenvalue weighted by molar-refractivity contribution is -0.131. The van der Waals surface area contributed by atoms with E-state index in [0.29, 0.717) is 76.7 Å². The molecule has 9 nitrogen and oxygen atoms in total. The summed E-state index contributed by atoms with van der Waals surface area (Å²) in [6.07, 6.45) is 1.85. The van der Waals surface area contributed by atoms with E-state index in [1.165, 1.54) is 10.4 Å². The van der Waals surface area contributed by atoms with Crippen molar-refractivity contribution in [2.45, 2.75) is 23.5 Å². The first-order valence-electron chi connectivity index (χ1n) is 11.5. The van der Waals surface area contributed by atoms with E-state index >= 15 is 0 Å². The van der Waals surface area contributed by atoms with E-state index in [2.05, 4.69) is 5.32 Å². The van der Waals surface area contributed by atoms with Crippen LogP contribution in [0.5, 0.6) is 0 Å². The number of benzene rings is 1. The lowest BCUT2D eigenvalue weighted by Crippen LogP contribution is -2.40. The Morgan fingerprint density at radius 2 is 1.62 bits per heavy atom. The summed E-state index contributed by atoms with van der Waals surface area (Å²) in [6.45, 7) is 3.52. The molecule has 4 rings (SSSR count). The van der Waals surface area contributed by atoms with Crippen molar-refractivity contribution >= 4 is 38.3 Å². The summed E-state index contributed by atoms with van der Waals surface area (Å²) in [5, 5.41) is 3.30. The van der Waals surface area contributed by atoms with Crippen LogP contribution in [0.15, 0.2) is 46.7 Å². The van der Waals surface area contributed by atoms with Crippen molar-refractivity contribution in [1.82, 2.24) is 14.1 Å². The number of morpholine rings is 1. The van der Waals surface area contributed by atoms with Gasteiger partial charge in [0.25, 0.3) is 10.0 Å². The van der Waals surface area contributed by atoms with Crippen LogP contribution in [-0.2, 0) is 26.0 Å². The molecule has 2 aliphatic rings. The molecule has 3 amide bonds. The number of nitrogens with one attached hydrogen (secondary N) is 1. The molecular weight excluding hydrogens is 476 g/mol. The van der Waals surface area contributed by atoms with Crippen LogP contribution in [0, 0.1) is 0 Å². The Kier molecular flexibility index (Phi) is 8.19. The van der Waals surface area contributed by atoms with Gasteiger partial charge in [-0.25, -0.2) is 13.2 Å². The highest BCUT2D eigenvalue weighted by atomic mass is 32.2. The van der Waals surface area contributed by atoms with Gasteiger partial charge in [0.05, 0.1) is 18.2 Å². The third-order valence-electron chi connectivity index (χ3n) is 5.98. The molecule has 2 saturated heterocycles. The Hall–Kier alpha value is -2.47. The molecule has 1 aromatic carbocycles. The first kappa shape index (κ1) is 24.6. The molecule has 0 unspecified atom stereocenters. The average molecular weight is 507 g/mol. The van der Waals surface area contributed by atoms with Crippen molar-refractivity contribution in [3.8, 4) is 0 Å². The smallest absolute Gasteiger partial charge is 0.322 e. The van der Waals surface area contributed by atoms with Gasteiger partial charge in [-0.15, -0.1) is 11.3 Å². The number of hydrogen-bond donors (Lipinski definition) is 1. The molecule has 2 aromatic rings. The maximum Gasteiger partial charge on any atom is 0.322 e. The van der Waals surface area contributed by atoms with Crippen LogP contribution in [-0.4, -0.2) is 86.9 Å². The van der Waals surface area contributed by atoms with E-state index in [4.69, 9.17) is 4.74 Å². The van der Waals surface area contributed by atoms with Crippen LogP contribution in [0.2, 0.25) is 0 Å². The van der Waals surface area contributed by atoms with Gasteiger partial charge in [-0.05, 0) is 30.5 Å². The van der Waals surface area contributed by atoms with Crippen LogP contribution in [0.1, 0.15) is 18.4 Å². The predicted octanol–water partition coefficient (Wildman–Crippen LogP) is 2.47. The molecule has 184 valence electrons. The number of hydrogen-bond acceptors (Lipinski definition) is 6. The van der Waals surface area contributed by atoms with E-state index < -0.39 is 10.0 Å². The van der Waals surface area contributed by atoms with Crippen molar-refractivity contribution in [2.24, 2.45) is 0 Å². The molecule has 11 heteroatoms. The quantitative estimate of drug-likeness (QED) is 0.649. The minimum absolute atomic E-state index is 0.0994. The van der Waals surface area contributed by atoms with Gasteiger partial charge in [0, 0.05) is 45.7 Å². The van der Waals surface area contributed by atoms with Crippen LogP contribution in [0.4, 0.5) is 9.80 Å². The van der Waals surface area contributed by atoms with Crippen molar-refractivity contribution in [3.63, 3.8) is 0 Å². The standard InChI is InChI=1S/C23H30N4O5S2/c28-21(9-7-19-5-2-1-3-6-19)25-11-4-12-26(14-13-25)23(29)24-20-8-10-22(33-20)34(30,31)27-15-17-32-18-16-27/h1-3,5-6,8,10H,4,7,9,11-18H2,(H,24,29). The van der Waals surface area contributed by atoms with E-state index in [0.717, 1.165) is 16.9 Å². The third-order valence-corrected chi connectivity index (χ3v) is 9.35. The molecule has 1 N–H and O–H groups in total. The molecule has 0 spiro atoms. The molecule has 0 radical (unpaired) electrons. The average Bonchev–Trinajstić information content (AvgIpc) is 3.19. The number of carbonyl (C=O) groups excluding carboxylic acids is 2. The number of urea groups is 1. The number of thiophene rings is 1. The fraction of sp³-hybridized carbons (Fsp3) is 0.478. The first-order chi connectivity index (χ1) is 16.4. The van der Waals surface area contributed by atoms with Gasteiger partial charge < -0.3 is 14.5 Å². The van der Waals surface area contributed by atoms with E-state index in [9.17, 15) is 18.0 Å². The van der Waals surface area contributed by atoms with E-state index in [1.807, 2.05) is 35.2 Å². The zero-order valence-corrected chi connectivity index (χ0v) is 20.7. The number of ether oxygens (including phenoxy) is 1.